The molecule has 2 rings (SSSR count). The van der Waals surface area contributed by atoms with Crippen LogP contribution in [0.5, 0.6) is 0 Å². The molecule has 0 radical (unpaired) electrons. The molecule has 2 nitrogen and oxygen atoms in total. The van der Waals surface area contributed by atoms with Gasteiger partial charge in [0.25, 0.3) is 5.91 Å². The topological polar surface area (TPSA) is 29.1 Å². The summed E-state index contributed by atoms with van der Waals surface area (Å²) in [6.45, 7) is 8.62. The predicted molar refractivity (Wildman–Crippen MR) is 99.2 cm³/mol. The van der Waals surface area contributed by atoms with Crippen molar-refractivity contribution in [1.82, 2.24) is 5.32 Å². The molecule has 0 heterocycles. The molecular formula is C20H25NOS. The quantitative estimate of drug-likeness (QED) is 0.782. The Bertz CT molecular complexity index is 671. The van der Waals surface area contributed by atoms with Crippen molar-refractivity contribution in [2.75, 3.05) is 6.26 Å². The summed E-state index contributed by atoms with van der Waals surface area (Å²) in [6.07, 6.45) is 1.99. The fraction of sp³-hybridized carbons (Fsp3) is 0.350. The van der Waals surface area contributed by atoms with Crippen LogP contribution in [0.2, 0.25) is 0 Å². The van der Waals surface area contributed by atoms with Crippen molar-refractivity contribution in [3.8, 4) is 0 Å². The van der Waals surface area contributed by atoms with Gasteiger partial charge in [0.2, 0.25) is 0 Å². The second-order valence-electron chi connectivity index (χ2n) is 6.77. The number of nitrogens with one attached hydrogen (secondary N) is 1. The Labute approximate surface area is 143 Å². The average molecular weight is 327 g/mol. The van der Waals surface area contributed by atoms with Gasteiger partial charge >= 0.3 is 0 Å². The first-order valence-electron chi connectivity index (χ1n) is 7.87. The van der Waals surface area contributed by atoms with E-state index in [2.05, 4.69) is 50.4 Å². The summed E-state index contributed by atoms with van der Waals surface area (Å²) in [6, 6.07) is 16.2. The Morgan fingerprint density at radius 3 is 2.22 bits per heavy atom. The van der Waals surface area contributed by atoms with Gasteiger partial charge in [0.1, 0.15) is 0 Å². The third kappa shape index (κ3) is 4.38. The summed E-state index contributed by atoms with van der Waals surface area (Å²) in [5.41, 5.74) is 3.29. The minimum Gasteiger partial charge on any atom is -0.345 e. The summed E-state index contributed by atoms with van der Waals surface area (Å²) < 4.78 is 0. The third-order valence-corrected chi connectivity index (χ3v) is 4.77. The number of hydrogen-bond donors (Lipinski definition) is 1. The van der Waals surface area contributed by atoms with E-state index in [1.54, 1.807) is 11.8 Å². The molecule has 0 aliphatic carbocycles. The summed E-state index contributed by atoms with van der Waals surface area (Å²) in [5, 5.41) is 3.09. The van der Waals surface area contributed by atoms with Gasteiger partial charge in [0.15, 0.2) is 0 Å². The first-order chi connectivity index (χ1) is 10.8. The Hall–Kier alpha value is -1.74. The second-order valence-corrected chi connectivity index (χ2v) is 7.62. The van der Waals surface area contributed by atoms with Crippen LogP contribution in [0.4, 0.5) is 0 Å². The molecule has 1 atom stereocenters. The molecule has 1 amide bonds. The average Bonchev–Trinajstić information content (AvgIpc) is 2.54. The number of rotatable bonds is 4. The fourth-order valence-corrected chi connectivity index (χ4v) is 3.06. The van der Waals surface area contributed by atoms with Crippen LogP contribution >= 0.6 is 11.8 Å². The number of carbonyl (C=O) groups excluding carboxylic acids is 1. The molecule has 23 heavy (non-hydrogen) atoms. The molecule has 0 saturated carbocycles. The molecule has 2 aromatic rings. The van der Waals surface area contributed by atoms with Crippen molar-refractivity contribution in [3.63, 3.8) is 0 Å². The maximum atomic E-state index is 12.5. The van der Waals surface area contributed by atoms with Gasteiger partial charge in [-0.1, -0.05) is 57.2 Å². The Morgan fingerprint density at radius 1 is 1.04 bits per heavy atom. The highest BCUT2D eigenvalue weighted by Crippen LogP contribution is 2.25. The summed E-state index contributed by atoms with van der Waals surface area (Å²) >= 11 is 1.59. The second kappa shape index (κ2) is 7.22. The number of benzene rings is 2. The minimum absolute atomic E-state index is 0.0218. The maximum Gasteiger partial charge on any atom is 0.252 e. The van der Waals surface area contributed by atoms with Crippen molar-refractivity contribution in [3.05, 3.63) is 65.2 Å². The van der Waals surface area contributed by atoms with E-state index in [1.165, 1.54) is 5.56 Å². The molecule has 2 aromatic carbocycles. The zero-order chi connectivity index (χ0) is 17.0. The first kappa shape index (κ1) is 17.6. The van der Waals surface area contributed by atoms with Crippen LogP contribution in [0.15, 0.2) is 53.4 Å². The monoisotopic (exact) mass is 327 g/mol. The largest absolute Gasteiger partial charge is 0.345 e. The molecule has 1 unspecified atom stereocenters. The van der Waals surface area contributed by atoms with E-state index in [1.807, 2.05) is 37.4 Å². The van der Waals surface area contributed by atoms with Gasteiger partial charge < -0.3 is 5.32 Å². The van der Waals surface area contributed by atoms with E-state index in [4.69, 9.17) is 0 Å². The van der Waals surface area contributed by atoms with E-state index < -0.39 is 0 Å². The van der Waals surface area contributed by atoms with Gasteiger partial charge in [-0.25, -0.2) is 0 Å². The highest BCUT2D eigenvalue weighted by Gasteiger charge is 2.16. The maximum absolute atomic E-state index is 12.5. The molecule has 0 aromatic heterocycles. The van der Waals surface area contributed by atoms with Crippen LogP contribution in [-0.4, -0.2) is 12.2 Å². The standard InChI is InChI=1S/C20H25NOS/c1-14(15-10-12-16(13-11-15)20(2,3)4)21-19(22)17-8-6-7-9-18(17)23-5/h6-14H,1-5H3,(H,21,22). The van der Waals surface area contributed by atoms with Crippen LogP contribution in [0.25, 0.3) is 0 Å². The molecule has 0 fully saturated rings. The van der Waals surface area contributed by atoms with E-state index in [9.17, 15) is 4.79 Å². The third-order valence-electron chi connectivity index (χ3n) is 3.98. The van der Waals surface area contributed by atoms with Crippen LogP contribution in [0.3, 0.4) is 0 Å². The zero-order valence-electron chi connectivity index (χ0n) is 14.5. The van der Waals surface area contributed by atoms with Crippen LogP contribution in [0, 0.1) is 0 Å². The lowest BCUT2D eigenvalue weighted by Gasteiger charge is -2.21. The van der Waals surface area contributed by atoms with Crippen LogP contribution in [-0.2, 0) is 5.41 Å². The van der Waals surface area contributed by atoms with Crippen molar-refractivity contribution >= 4 is 17.7 Å². The lowest BCUT2D eigenvalue weighted by molar-refractivity contribution is 0.0937. The molecule has 122 valence electrons. The summed E-state index contributed by atoms with van der Waals surface area (Å²) in [5.74, 6) is -0.0256. The number of carbonyl (C=O) groups is 1. The van der Waals surface area contributed by atoms with Crippen molar-refractivity contribution in [1.29, 1.82) is 0 Å². The van der Waals surface area contributed by atoms with Gasteiger partial charge in [0, 0.05) is 4.90 Å². The SMILES string of the molecule is CSc1ccccc1C(=O)NC(C)c1ccc(C(C)(C)C)cc1. The predicted octanol–water partition coefficient (Wildman–Crippen LogP) is 5.20. The number of hydrogen-bond acceptors (Lipinski definition) is 2. The number of amides is 1. The molecular weight excluding hydrogens is 302 g/mol. The molecule has 0 aliphatic rings. The molecule has 0 bridgehead atoms. The van der Waals surface area contributed by atoms with Crippen molar-refractivity contribution < 1.29 is 4.79 Å². The van der Waals surface area contributed by atoms with Gasteiger partial charge in [-0.2, -0.15) is 0 Å². The van der Waals surface area contributed by atoms with Gasteiger partial charge in [-0.3, -0.25) is 4.79 Å². The van der Waals surface area contributed by atoms with Crippen molar-refractivity contribution in [2.45, 2.75) is 44.0 Å². The normalized spacial score (nSPS) is 12.7. The smallest absolute Gasteiger partial charge is 0.252 e. The van der Waals surface area contributed by atoms with Crippen LogP contribution < -0.4 is 5.32 Å². The Morgan fingerprint density at radius 2 is 1.65 bits per heavy atom. The highest BCUT2D eigenvalue weighted by atomic mass is 32.2. The van der Waals surface area contributed by atoms with Gasteiger partial charge in [0.05, 0.1) is 11.6 Å². The molecule has 0 aliphatic heterocycles. The first-order valence-corrected chi connectivity index (χ1v) is 9.09. The van der Waals surface area contributed by atoms with Crippen molar-refractivity contribution in [2.24, 2.45) is 0 Å². The molecule has 0 saturated heterocycles. The van der Waals surface area contributed by atoms with Crippen LogP contribution in [0.1, 0.15) is 55.2 Å². The van der Waals surface area contributed by atoms with Gasteiger partial charge in [-0.15, -0.1) is 11.8 Å². The van der Waals surface area contributed by atoms with E-state index in [0.29, 0.717) is 0 Å². The summed E-state index contributed by atoms with van der Waals surface area (Å²) in [7, 11) is 0. The molecule has 0 spiro atoms. The fourth-order valence-electron chi connectivity index (χ4n) is 2.46. The number of thioether (sulfide) groups is 1. The lowest BCUT2D eigenvalue weighted by Crippen LogP contribution is -2.27. The minimum atomic E-state index is -0.0256. The summed E-state index contributed by atoms with van der Waals surface area (Å²) in [4.78, 5) is 13.5. The highest BCUT2D eigenvalue weighted by molar-refractivity contribution is 7.98. The zero-order valence-corrected chi connectivity index (χ0v) is 15.3. The van der Waals surface area contributed by atoms with E-state index in [-0.39, 0.29) is 17.4 Å². The Kier molecular flexibility index (Phi) is 5.53. The molecule has 1 N–H and O–H groups in total. The van der Waals surface area contributed by atoms with E-state index >= 15 is 0 Å². The van der Waals surface area contributed by atoms with Gasteiger partial charge in [-0.05, 0) is 41.9 Å². The molecule has 3 heteroatoms. The lowest BCUT2D eigenvalue weighted by atomic mass is 9.86. The Balaban J connectivity index is 2.12. The van der Waals surface area contributed by atoms with E-state index in [0.717, 1.165) is 16.0 Å².